The summed E-state index contributed by atoms with van der Waals surface area (Å²) in [6.07, 6.45) is 6.08. The number of nitrogens with one attached hydrogen (secondary N) is 2. The Morgan fingerprint density at radius 2 is 2.21 bits per heavy atom. The number of piperidine rings is 1. The molecule has 4 heterocycles. The first-order valence-corrected chi connectivity index (χ1v) is 9.14. The number of hydrogen-bond donors (Lipinski definition) is 2. The van der Waals surface area contributed by atoms with Gasteiger partial charge in [-0.05, 0) is 37.9 Å². The van der Waals surface area contributed by atoms with E-state index in [1.807, 2.05) is 5.38 Å². The third kappa shape index (κ3) is 3.09. The molecule has 24 heavy (non-hydrogen) atoms. The van der Waals surface area contributed by atoms with Gasteiger partial charge in [0.25, 0.3) is 0 Å². The summed E-state index contributed by atoms with van der Waals surface area (Å²) in [5.41, 5.74) is 2.74. The Morgan fingerprint density at radius 3 is 3.08 bits per heavy atom. The molecule has 1 saturated heterocycles. The van der Waals surface area contributed by atoms with Crippen LogP contribution in [0.15, 0.2) is 22.6 Å². The van der Waals surface area contributed by atoms with Crippen LogP contribution >= 0.6 is 11.3 Å². The predicted molar refractivity (Wildman–Crippen MR) is 96.5 cm³/mol. The van der Waals surface area contributed by atoms with Gasteiger partial charge in [-0.25, -0.2) is 4.98 Å². The second-order valence-electron chi connectivity index (χ2n) is 6.11. The first-order valence-electron chi connectivity index (χ1n) is 8.26. The maximum atomic E-state index is 12.0. The number of hydrogen-bond acceptors (Lipinski definition) is 7. The van der Waals surface area contributed by atoms with Gasteiger partial charge in [0.05, 0.1) is 0 Å². The van der Waals surface area contributed by atoms with E-state index in [0.29, 0.717) is 29.3 Å². The van der Waals surface area contributed by atoms with E-state index in [1.165, 1.54) is 12.8 Å². The van der Waals surface area contributed by atoms with Crippen LogP contribution in [0.1, 0.15) is 29.6 Å². The number of aromatic nitrogens is 2. The molecular weight excluding hydrogens is 322 g/mol. The highest BCUT2D eigenvalue weighted by Gasteiger charge is 2.20. The topological polar surface area (TPSA) is 79.3 Å². The zero-order valence-electron chi connectivity index (χ0n) is 13.3. The number of fused-ring (bicyclic) bond motifs is 1. The summed E-state index contributed by atoms with van der Waals surface area (Å²) in [4.78, 5) is 25.4. The highest BCUT2D eigenvalue weighted by atomic mass is 32.1. The Labute approximate surface area is 144 Å². The van der Waals surface area contributed by atoms with Crippen molar-refractivity contribution in [2.75, 3.05) is 25.0 Å². The zero-order chi connectivity index (χ0) is 16.4. The van der Waals surface area contributed by atoms with Crippen molar-refractivity contribution in [3.63, 3.8) is 0 Å². The molecule has 2 N–H and O–H groups in total. The van der Waals surface area contributed by atoms with Crippen molar-refractivity contribution in [3.8, 4) is 11.4 Å². The van der Waals surface area contributed by atoms with E-state index in [1.54, 1.807) is 29.8 Å². The van der Waals surface area contributed by atoms with Crippen LogP contribution in [0.25, 0.3) is 11.4 Å². The second kappa shape index (κ2) is 6.78. The minimum absolute atomic E-state index is 0.0862. The molecular formula is C17H19N5OS. The molecule has 0 aromatic carbocycles. The first kappa shape index (κ1) is 15.4. The van der Waals surface area contributed by atoms with E-state index in [0.717, 1.165) is 30.5 Å². The van der Waals surface area contributed by atoms with Gasteiger partial charge in [0.2, 0.25) is 0 Å². The van der Waals surface area contributed by atoms with Gasteiger partial charge in [0, 0.05) is 36.3 Å². The standard InChI is InChI=1S/C17H19N5OS/c23-14-4-8-19-15-12(14)3-7-20-16(15)13-10-24-17(22-13)21-9-11-1-5-18-6-2-11/h3,7-8,10-11,18H,1-2,4-6,9H2,(H,21,22). The molecule has 1 fully saturated rings. The molecule has 2 aliphatic rings. The van der Waals surface area contributed by atoms with Crippen molar-refractivity contribution in [1.29, 1.82) is 0 Å². The van der Waals surface area contributed by atoms with Gasteiger partial charge >= 0.3 is 0 Å². The maximum absolute atomic E-state index is 12.0. The lowest BCUT2D eigenvalue weighted by molar-refractivity contribution is 0.100. The van der Waals surface area contributed by atoms with Crippen molar-refractivity contribution in [2.24, 2.45) is 10.9 Å². The summed E-state index contributed by atoms with van der Waals surface area (Å²) in [5.74, 6) is 0.784. The summed E-state index contributed by atoms with van der Waals surface area (Å²) in [6.45, 7) is 3.15. The van der Waals surface area contributed by atoms with Crippen LogP contribution in [0, 0.1) is 5.92 Å². The summed E-state index contributed by atoms with van der Waals surface area (Å²) in [7, 11) is 0. The molecule has 0 radical (unpaired) electrons. The third-order valence-corrected chi connectivity index (χ3v) is 5.27. The third-order valence-electron chi connectivity index (χ3n) is 4.47. The largest absolute Gasteiger partial charge is 0.361 e. The number of thiazole rings is 1. The van der Waals surface area contributed by atoms with E-state index in [4.69, 9.17) is 0 Å². The van der Waals surface area contributed by atoms with Crippen LogP contribution in [0.3, 0.4) is 0 Å². The van der Waals surface area contributed by atoms with Gasteiger partial charge < -0.3 is 10.6 Å². The van der Waals surface area contributed by atoms with Crippen LogP contribution in [0.2, 0.25) is 0 Å². The highest BCUT2D eigenvalue weighted by Crippen LogP contribution is 2.35. The summed E-state index contributed by atoms with van der Waals surface area (Å²) in [5, 5.41) is 9.69. The number of aliphatic imine (C=N–C) groups is 1. The SMILES string of the molecule is O=C1CC=Nc2c1ccnc2-c1csc(NCC2CCNCC2)n1. The van der Waals surface area contributed by atoms with Crippen LogP contribution < -0.4 is 10.6 Å². The first-order chi connectivity index (χ1) is 11.8. The Hall–Kier alpha value is -2.12. The molecule has 6 nitrogen and oxygen atoms in total. The summed E-state index contributed by atoms with van der Waals surface area (Å²) >= 11 is 1.57. The van der Waals surface area contributed by atoms with Crippen LogP contribution in [0.4, 0.5) is 10.8 Å². The van der Waals surface area contributed by atoms with Crippen molar-refractivity contribution in [3.05, 3.63) is 23.2 Å². The van der Waals surface area contributed by atoms with Gasteiger partial charge in [-0.2, -0.15) is 0 Å². The minimum atomic E-state index is 0.0862. The second-order valence-corrected chi connectivity index (χ2v) is 6.96. The molecule has 0 amide bonds. The molecule has 0 spiro atoms. The van der Waals surface area contributed by atoms with Gasteiger partial charge in [-0.15, -0.1) is 11.3 Å². The molecule has 2 aliphatic heterocycles. The summed E-state index contributed by atoms with van der Waals surface area (Å²) in [6, 6.07) is 1.74. The number of anilines is 1. The molecule has 2 aromatic rings. The van der Waals surface area contributed by atoms with Crippen molar-refractivity contribution in [2.45, 2.75) is 19.3 Å². The molecule has 124 valence electrons. The fourth-order valence-electron chi connectivity index (χ4n) is 3.11. The average Bonchev–Trinajstić information content (AvgIpc) is 3.10. The lowest BCUT2D eigenvalue weighted by atomic mass is 9.98. The molecule has 4 rings (SSSR count). The monoisotopic (exact) mass is 341 g/mol. The fourth-order valence-corrected chi connectivity index (χ4v) is 3.81. The lowest BCUT2D eigenvalue weighted by Crippen LogP contribution is -2.31. The Morgan fingerprint density at radius 1 is 1.33 bits per heavy atom. The Kier molecular flexibility index (Phi) is 4.36. The van der Waals surface area contributed by atoms with E-state index < -0.39 is 0 Å². The number of ketones is 1. The number of pyridine rings is 1. The fraction of sp³-hybridized carbons (Fsp3) is 0.412. The van der Waals surface area contributed by atoms with Crippen molar-refractivity contribution in [1.82, 2.24) is 15.3 Å². The molecule has 2 aromatic heterocycles. The van der Waals surface area contributed by atoms with E-state index in [9.17, 15) is 4.79 Å². The quantitative estimate of drug-likeness (QED) is 0.894. The maximum Gasteiger partial charge on any atom is 0.183 e. The molecule has 7 heteroatoms. The lowest BCUT2D eigenvalue weighted by Gasteiger charge is -2.22. The van der Waals surface area contributed by atoms with Crippen LogP contribution in [-0.4, -0.2) is 41.6 Å². The summed E-state index contributed by atoms with van der Waals surface area (Å²) < 4.78 is 0. The average molecular weight is 341 g/mol. The van der Waals surface area contributed by atoms with Crippen LogP contribution in [0.5, 0.6) is 0 Å². The minimum Gasteiger partial charge on any atom is -0.361 e. The van der Waals surface area contributed by atoms with Gasteiger partial charge in [-0.3, -0.25) is 14.8 Å². The van der Waals surface area contributed by atoms with E-state index >= 15 is 0 Å². The van der Waals surface area contributed by atoms with Crippen molar-refractivity contribution >= 4 is 34.2 Å². The van der Waals surface area contributed by atoms with Gasteiger partial charge in [-0.1, -0.05) is 0 Å². The van der Waals surface area contributed by atoms with E-state index in [2.05, 4.69) is 25.6 Å². The highest BCUT2D eigenvalue weighted by molar-refractivity contribution is 7.14. The molecule has 0 aliphatic carbocycles. The molecule has 0 bridgehead atoms. The van der Waals surface area contributed by atoms with Gasteiger partial charge in [0.15, 0.2) is 10.9 Å². The number of carbonyl (C=O) groups is 1. The van der Waals surface area contributed by atoms with Crippen molar-refractivity contribution < 1.29 is 4.79 Å². The Balaban J connectivity index is 1.52. The predicted octanol–water partition coefficient (Wildman–Crippen LogP) is 2.91. The zero-order valence-corrected chi connectivity index (χ0v) is 14.1. The number of rotatable bonds is 4. The number of Topliss-reactive ketones (excluding diaryl/α,β-unsaturated/α-hetero) is 1. The smallest absolute Gasteiger partial charge is 0.183 e. The van der Waals surface area contributed by atoms with Gasteiger partial charge in [0.1, 0.15) is 17.1 Å². The van der Waals surface area contributed by atoms with E-state index in [-0.39, 0.29) is 5.78 Å². The molecule has 0 saturated carbocycles. The normalized spacial score (nSPS) is 17.8. The Bertz CT molecular complexity index is 779. The molecule has 0 atom stereocenters. The molecule has 0 unspecified atom stereocenters. The number of nitrogens with zero attached hydrogens (tertiary/aromatic N) is 3. The van der Waals surface area contributed by atoms with Crippen LogP contribution in [-0.2, 0) is 0 Å². The number of carbonyl (C=O) groups excluding carboxylic acids is 1.